The summed E-state index contributed by atoms with van der Waals surface area (Å²) < 4.78 is 4.98. The lowest BCUT2D eigenvalue weighted by molar-refractivity contribution is 0.164. The number of cyclic esters (lactones) is 1. The van der Waals surface area contributed by atoms with Gasteiger partial charge in [-0.3, -0.25) is 4.90 Å². The Kier molecular flexibility index (Phi) is 3.78. The van der Waals surface area contributed by atoms with Crippen LogP contribution in [-0.4, -0.2) is 42.6 Å². The van der Waals surface area contributed by atoms with E-state index in [0.717, 1.165) is 0 Å². The van der Waals surface area contributed by atoms with Gasteiger partial charge in [0.2, 0.25) is 0 Å². The minimum absolute atomic E-state index is 0.0571. The number of nitriles is 1. The van der Waals surface area contributed by atoms with E-state index in [2.05, 4.69) is 0 Å². The van der Waals surface area contributed by atoms with Gasteiger partial charge in [0.15, 0.2) is 0 Å². The smallest absolute Gasteiger partial charge is 0.415 e. The number of allylic oxidation sites excluding steroid dienone is 1. The molecule has 88 valence electrons. The average molecular weight is 223 g/mol. The fourth-order valence-corrected chi connectivity index (χ4v) is 1.59. The normalized spacial score (nSPS) is 21.0. The monoisotopic (exact) mass is 223 g/mol. The molecule has 1 rings (SSSR count). The molecule has 0 unspecified atom stereocenters. The van der Waals surface area contributed by atoms with E-state index in [1.54, 1.807) is 11.1 Å². The summed E-state index contributed by atoms with van der Waals surface area (Å²) in [4.78, 5) is 14.7. The second-order valence-corrected chi connectivity index (χ2v) is 4.35. The molecule has 1 amide bonds. The highest BCUT2D eigenvalue weighted by molar-refractivity contribution is 5.73. The summed E-state index contributed by atoms with van der Waals surface area (Å²) in [7, 11) is 3.62. The van der Waals surface area contributed by atoms with Gasteiger partial charge in [0, 0.05) is 20.3 Å². The summed E-state index contributed by atoms with van der Waals surface area (Å²) in [6.07, 6.45) is 1.19. The van der Waals surface area contributed by atoms with Crippen molar-refractivity contribution in [1.29, 1.82) is 5.26 Å². The Hall–Kier alpha value is -1.70. The highest BCUT2D eigenvalue weighted by Gasteiger charge is 2.37. The average Bonchev–Trinajstić information content (AvgIpc) is 2.56. The van der Waals surface area contributed by atoms with Crippen molar-refractivity contribution in [3.63, 3.8) is 0 Å². The van der Waals surface area contributed by atoms with Crippen LogP contribution in [0.15, 0.2) is 11.9 Å². The molecule has 1 aliphatic rings. The highest BCUT2D eigenvalue weighted by atomic mass is 16.6. The van der Waals surface area contributed by atoms with Gasteiger partial charge in [-0.05, 0) is 5.92 Å². The Labute approximate surface area is 95.9 Å². The van der Waals surface area contributed by atoms with Gasteiger partial charge in [-0.15, -0.1) is 0 Å². The molecule has 5 heteroatoms. The van der Waals surface area contributed by atoms with Crippen LogP contribution < -0.4 is 0 Å². The van der Waals surface area contributed by atoms with Crippen LogP contribution in [0, 0.1) is 17.2 Å². The quantitative estimate of drug-likeness (QED) is 0.678. The first kappa shape index (κ1) is 12.4. The summed E-state index contributed by atoms with van der Waals surface area (Å²) >= 11 is 0. The maximum absolute atomic E-state index is 11.6. The van der Waals surface area contributed by atoms with Crippen molar-refractivity contribution in [3.05, 3.63) is 11.9 Å². The van der Waals surface area contributed by atoms with E-state index < -0.39 is 6.09 Å². The second-order valence-electron chi connectivity index (χ2n) is 4.35. The van der Waals surface area contributed by atoms with Gasteiger partial charge in [-0.1, -0.05) is 13.8 Å². The molecule has 0 spiro atoms. The lowest BCUT2D eigenvalue weighted by atomic mass is 10.0. The Bertz CT molecular complexity index is 342. The Morgan fingerprint density at radius 3 is 2.75 bits per heavy atom. The highest BCUT2D eigenvalue weighted by Crippen LogP contribution is 2.23. The Morgan fingerprint density at radius 1 is 1.69 bits per heavy atom. The van der Waals surface area contributed by atoms with E-state index in [9.17, 15) is 4.79 Å². The molecule has 0 aromatic heterocycles. The van der Waals surface area contributed by atoms with Crippen molar-refractivity contribution in [2.45, 2.75) is 19.9 Å². The third-order valence-electron chi connectivity index (χ3n) is 2.43. The first-order valence-corrected chi connectivity index (χ1v) is 5.21. The first-order chi connectivity index (χ1) is 7.47. The topological polar surface area (TPSA) is 56.6 Å². The van der Waals surface area contributed by atoms with E-state index in [0.29, 0.717) is 12.3 Å². The van der Waals surface area contributed by atoms with Gasteiger partial charge in [-0.2, -0.15) is 5.26 Å². The first-order valence-electron chi connectivity index (χ1n) is 5.21. The van der Waals surface area contributed by atoms with Gasteiger partial charge in [0.1, 0.15) is 18.4 Å². The molecule has 0 bridgehead atoms. The zero-order chi connectivity index (χ0) is 12.3. The predicted molar refractivity (Wildman–Crippen MR) is 59.2 cm³/mol. The molecule has 0 aromatic rings. The van der Waals surface area contributed by atoms with Crippen LogP contribution in [0.3, 0.4) is 0 Å². The van der Waals surface area contributed by atoms with Gasteiger partial charge in [0.25, 0.3) is 0 Å². The molecule has 0 aliphatic carbocycles. The predicted octanol–water partition coefficient (Wildman–Crippen LogP) is 1.39. The largest absolute Gasteiger partial charge is 0.447 e. The molecule has 5 nitrogen and oxygen atoms in total. The lowest BCUT2D eigenvalue weighted by Gasteiger charge is -2.23. The van der Waals surface area contributed by atoms with Crippen LogP contribution in [0.1, 0.15) is 13.8 Å². The van der Waals surface area contributed by atoms with Crippen molar-refractivity contribution < 1.29 is 9.53 Å². The number of nitrogens with zero attached hydrogens (tertiary/aromatic N) is 3. The molecule has 16 heavy (non-hydrogen) atoms. The van der Waals surface area contributed by atoms with Crippen LogP contribution in [0.25, 0.3) is 0 Å². The Morgan fingerprint density at radius 2 is 2.31 bits per heavy atom. The summed E-state index contributed by atoms with van der Waals surface area (Å²) in [5, 5.41) is 9.06. The molecular formula is C11H17N3O2. The molecule has 1 aliphatic heterocycles. The molecule has 1 fully saturated rings. The summed E-state index contributed by atoms with van der Waals surface area (Å²) in [5.41, 5.74) is 0.325. The molecular weight excluding hydrogens is 206 g/mol. The van der Waals surface area contributed by atoms with Gasteiger partial charge >= 0.3 is 6.09 Å². The molecule has 1 heterocycles. The zero-order valence-electron chi connectivity index (χ0n) is 10.1. The van der Waals surface area contributed by atoms with Gasteiger partial charge < -0.3 is 9.64 Å². The summed E-state index contributed by atoms with van der Waals surface area (Å²) in [6, 6.07) is 1.98. The molecule has 0 N–H and O–H groups in total. The molecule has 0 aromatic carbocycles. The van der Waals surface area contributed by atoms with E-state index in [1.165, 1.54) is 4.90 Å². The van der Waals surface area contributed by atoms with Gasteiger partial charge in [0.05, 0.1) is 6.04 Å². The summed E-state index contributed by atoms with van der Waals surface area (Å²) in [6.45, 7) is 4.36. The van der Waals surface area contributed by atoms with E-state index in [-0.39, 0.29) is 12.0 Å². The third-order valence-corrected chi connectivity index (χ3v) is 2.43. The minimum atomic E-state index is -0.437. The molecule has 1 saturated heterocycles. The van der Waals surface area contributed by atoms with E-state index >= 15 is 0 Å². The van der Waals surface area contributed by atoms with E-state index in [1.807, 2.05) is 34.0 Å². The third kappa shape index (κ3) is 2.45. The van der Waals surface area contributed by atoms with Crippen molar-refractivity contribution in [3.8, 4) is 6.07 Å². The zero-order valence-corrected chi connectivity index (χ0v) is 10.1. The molecule has 0 saturated carbocycles. The number of amides is 1. The molecule has 0 radical (unpaired) electrons. The van der Waals surface area contributed by atoms with E-state index in [4.69, 9.17) is 10.00 Å². The number of hydrogen-bond acceptors (Lipinski definition) is 4. The van der Waals surface area contributed by atoms with Gasteiger partial charge in [-0.25, -0.2) is 4.79 Å². The van der Waals surface area contributed by atoms with Crippen molar-refractivity contribution in [2.24, 2.45) is 5.92 Å². The van der Waals surface area contributed by atoms with Crippen molar-refractivity contribution in [2.75, 3.05) is 20.7 Å². The number of hydrogen-bond donors (Lipinski definition) is 0. The molecule has 1 atom stereocenters. The number of carbonyl (C=O) groups is 1. The number of carbonyl (C=O) groups excluding carboxylic acids is 1. The number of ether oxygens (including phenoxy) is 1. The fraction of sp³-hybridized carbons (Fsp3) is 0.636. The van der Waals surface area contributed by atoms with Crippen LogP contribution in [0.5, 0.6) is 0 Å². The Balaban J connectivity index is 2.99. The van der Waals surface area contributed by atoms with Crippen molar-refractivity contribution in [1.82, 2.24) is 9.80 Å². The number of rotatable bonds is 3. The lowest BCUT2D eigenvalue weighted by Crippen LogP contribution is -2.36. The fourth-order valence-electron chi connectivity index (χ4n) is 1.59. The van der Waals surface area contributed by atoms with Crippen LogP contribution >= 0.6 is 0 Å². The van der Waals surface area contributed by atoms with Crippen LogP contribution in [0.2, 0.25) is 0 Å². The standard InChI is InChI=1S/C11H17N3O2/c1-8(2)10-7-16-11(15)14(10)9(5-12)6-13(3)4/h6,8,10H,7H2,1-4H3/t10-/m1/s1. The SMILES string of the molecule is CC(C)[C@H]1COC(=O)N1C(C#N)=CN(C)C. The minimum Gasteiger partial charge on any atom is -0.447 e. The van der Waals surface area contributed by atoms with Crippen LogP contribution in [0.4, 0.5) is 4.79 Å². The van der Waals surface area contributed by atoms with Crippen molar-refractivity contribution >= 4 is 6.09 Å². The maximum atomic E-state index is 11.6. The maximum Gasteiger partial charge on any atom is 0.415 e. The second kappa shape index (κ2) is 4.88. The summed E-state index contributed by atoms with van der Waals surface area (Å²) in [5.74, 6) is 0.255. The van der Waals surface area contributed by atoms with Crippen LogP contribution in [-0.2, 0) is 4.74 Å².